The number of esters is 2. The lowest BCUT2D eigenvalue weighted by atomic mass is 9.95. The number of fused-ring (bicyclic) bond motifs is 1. The van der Waals surface area contributed by atoms with Gasteiger partial charge in [-0.3, -0.25) is 14.5 Å². The van der Waals surface area contributed by atoms with E-state index in [-0.39, 0.29) is 26.8 Å². The number of aromatic nitrogens is 3. The molecular weight excluding hydrogens is 536 g/mol. The molecule has 1 aliphatic rings. The van der Waals surface area contributed by atoms with Crippen molar-refractivity contribution in [1.82, 2.24) is 14.4 Å². The van der Waals surface area contributed by atoms with Crippen LogP contribution in [-0.2, 0) is 19.1 Å². The number of pyridine rings is 1. The van der Waals surface area contributed by atoms with Gasteiger partial charge < -0.3 is 19.0 Å². The Morgan fingerprint density at radius 3 is 2.27 bits per heavy atom. The van der Waals surface area contributed by atoms with Crippen LogP contribution in [0.2, 0.25) is 0 Å². The predicted octanol–water partition coefficient (Wildman–Crippen LogP) is 3.92. The molecule has 3 aromatic heterocycles. The molecule has 204 valence electrons. The molecule has 1 amide bonds. The van der Waals surface area contributed by atoms with Crippen LogP contribution in [0, 0.1) is 20.8 Å². The molecule has 11 nitrogen and oxygen atoms in total. The van der Waals surface area contributed by atoms with E-state index in [0.29, 0.717) is 22.6 Å². The first-order chi connectivity index (χ1) is 19.1. The molecule has 1 aliphatic heterocycles. The van der Waals surface area contributed by atoms with Gasteiger partial charge in [0.25, 0.3) is 5.78 Å². The van der Waals surface area contributed by atoms with Crippen molar-refractivity contribution in [3.05, 3.63) is 86.8 Å². The minimum absolute atomic E-state index is 0.0728. The zero-order valence-electron chi connectivity index (χ0n) is 22.2. The molecule has 1 saturated heterocycles. The second kappa shape index (κ2) is 10.0. The summed E-state index contributed by atoms with van der Waals surface area (Å²) in [6, 6.07) is 8.69. The molecule has 1 atom stereocenters. The Bertz CT molecular complexity index is 1750. The van der Waals surface area contributed by atoms with Gasteiger partial charge >= 0.3 is 17.8 Å². The third-order valence-electron chi connectivity index (χ3n) is 6.76. The highest BCUT2D eigenvalue weighted by Crippen LogP contribution is 2.44. The predicted molar refractivity (Wildman–Crippen MR) is 145 cm³/mol. The molecule has 4 aromatic rings. The van der Waals surface area contributed by atoms with E-state index in [1.807, 2.05) is 19.1 Å². The van der Waals surface area contributed by atoms with Gasteiger partial charge in [-0.15, -0.1) is 0 Å². The van der Waals surface area contributed by atoms with E-state index in [2.05, 4.69) is 9.97 Å². The summed E-state index contributed by atoms with van der Waals surface area (Å²) in [5, 5.41) is 11.7. The first-order valence-corrected chi connectivity index (χ1v) is 12.9. The highest BCUT2D eigenvalue weighted by molar-refractivity contribution is 7.17. The summed E-state index contributed by atoms with van der Waals surface area (Å²) in [7, 11) is 2.49. The summed E-state index contributed by atoms with van der Waals surface area (Å²) in [5.41, 5.74) is 2.95. The van der Waals surface area contributed by atoms with Crippen LogP contribution in [0.1, 0.15) is 54.3 Å². The van der Waals surface area contributed by atoms with E-state index in [4.69, 9.17) is 9.47 Å². The van der Waals surface area contributed by atoms with Crippen molar-refractivity contribution in [2.24, 2.45) is 0 Å². The van der Waals surface area contributed by atoms with E-state index in [1.165, 1.54) is 26.4 Å². The fraction of sp³-hybridized carbons (Fsp3) is 0.214. The van der Waals surface area contributed by atoms with Crippen molar-refractivity contribution < 1.29 is 33.8 Å². The molecule has 0 saturated carbocycles. The Morgan fingerprint density at radius 2 is 1.65 bits per heavy atom. The third-order valence-corrected chi connectivity index (χ3v) is 7.90. The van der Waals surface area contributed by atoms with Crippen LogP contribution in [0.3, 0.4) is 0 Å². The van der Waals surface area contributed by atoms with Gasteiger partial charge in [0.15, 0.2) is 10.9 Å². The lowest BCUT2D eigenvalue weighted by Gasteiger charge is -2.23. The van der Waals surface area contributed by atoms with Crippen LogP contribution in [0.15, 0.2) is 48.2 Å². The second-order valence-corrected chi connectivity index (χ2v) is 10.1. The molecule has 0 spiro atoms. The van der Waals surface area contributed by atoms with Crippen LogP contribution < -0.4 is 4.90 Å². The summed E-state index contributed by atoms with van der Waals surface area (Å²) >= 11 is 0.893. The summed E-state index contributed by atoms with van der Waals surface area (Å²) in [5.74, 6) is -3.53. The van der Waals surface area contributed by atoms with E-state index in [9.17, 15) is 24.3 Å². The van der Waals surface area contributed by atoms with Gasteiger partial charge in [0.1, 0.15) is 16.2 Å². The SMILES string of the molecule is COC(=O)c1ccc(C2/C(=C(\O)c3nc4c(C)cccn4c3C)C(=O)C(=O)N2c2nc(C)c(C(=O)OC)s2)cc1. The van der Waals surface area contributed by atoms with E-state index < -0.39 is 35.4 Å². The lowest BCUT2D eigenvalue weighted by Crippen LogP contribution is -2.29. The zero-order chi connectivity index (χ0) is 28.9. The van der Waals surface area contributed by atoms with Gasteiger partial charge in [0, 0.05) is 6.20 Å². The Kier molecular flexibility index (Phi) is 6.72. The van der Waals surface area contributed by atoms with Crippen LogP contribution in [0.4, 0.5) is 5.13 Å². The fourth-order valence-corrected chi connectivity index (χ4v) is 5.72. The standard InChI is InChI=1S/C28H24N4O7S/c1-13-7-6-12-31-15(3)19(30-24(13)31)21(33)18-20(16-8-10-17(11-9-16)26(36)38-4)32(25(35)22(18)34)28-29-14(2)23(40-28)27(37)39-5/h6-12,20,33H,1-5H3/b21-18+. The molecule has 0 radical (unpaired) electrons. The number of nitrogens with zero attached hydrogens (tertiary/aromatic N) is 4. The zero-order valence-corrected chi connectivity index (χ0v) is 23.0. The van der Waals surface area contributed by atoms with E-state index >= 15 is 0 Å². The first-order valence-electron chi connectivity index (χ1n) is 12.1. The van der Waals surface area contributed by atoms with Crippen molar-refractivity contribution in [1.29, 1.82) is 0 Å². The summed E-state index contributed by atoms with van der Waals surface area (Å²) in [6.07, 6.45) is 1.79. The molecule has 1 fully saturated rings. The summed E-state index contributed by atoms with van der Waals surface area (Å²) < 4.78 is 11.4. The Balaban J connectivity index is 1.74. The summed E-state index contributed by atoms with van der Waals surface area (Å²) in [4.78, 5) is 61.6. The number of Topliss-reactive ketones (excluding diaryl/α,β-unsaturated/α-hetero) is 1. The number of rotatable bonds is 5. The molecule has 1 aromatic carbocycles. The van der Waals surface area contributed by atoms with Gasteiger partial charge in [-0.2, -0.15) is 0 Å². The number of aryl methyl sites for hydroxylation is 3. The Morgan fingerprint density at radius 1 is 0.975 bits per heavy atom. The highest BCUT2D eigenvalue weighted by atomic mass is 32.1. The average molecular weight is 561 g/mol. The molecule has 40 heavy (non-hydrogen) atoms. The molecule has 1 N–H and O–H groups in total. The fourth-order valence-electron chi connectivity index (χ4n) is 4.71. The topological polar surface area (TPSA) is 140 Å². The first kappa shape index (κ1) is 26.8. The van der Waals surface area contributed by atoms with Crippen LogP contribution in [0.25, 0.3) is 11.4 Å². The normalized spacial score (nSPS) is 16.5. The number of carbonyl (C=O) groups excluding carboxylic acids is 4. The minimum atomic E-state index is -1.13. The largest absolute Gasteiger partial charge is 0.505 e. The van der Waals surface area contributed by atoms with Gasteiger partial charge in [-0.25, -0.2) is 19.6 Å². The number of methoxy groups -OCH3 is 2. The number of benzene rings is 1. The number of aliphatic hydroxyl groups is 1. The Hall–Kier alpha value is -4.84. The minimum Gasteiger partial charge on any atom is -0.505 e. The highest BCUT2D eigenvalue weighted by Gasteiger charge is 2.49. The summed E-state index contributed by atoms with van der Waals surface area (Å²) in [6.45, 7) is 5.21. The van der Waals surface area contributed by atoms with Crippen molar-refractivity contribution in [3.63, 3.8) is 0 Å². The number of thiazole rings is 1. The monoisotopic (exact) mass is 560 g/mol. The number of hydrogen-bond donors (Lipinski definition) is 1. The molecular formula is C28H24N4O7S. The average Bonchev–Trinajstić information content (AvgIpc) is 3.59. The number of ether oxygens (including phenoxy) is 2. The van der Waals surface area contributed by atoms with Gasteiger partial charge in [0.2, 0.25) is 0 Å². The number of amides is 1. The van der Waals surface area contributed by atoms with Crippen molar-refractivity contribution in [2.75, 3.05) is 19.1 Å². The maximum absolute atomic E-state index is 13.6. The molecule has 4 heterocycles. The van der Waals surface area contributed by atoms with Crippen LogP contribution in [-0.4, -0.2) is 57.3 Å². The third kappa shape index (κ3) is 4.13. The van der Waals surface area contributed by atoms with Crippen molar-refractivity contribution in [2.45, 2.75) is 26.8 Å². The molecule has 1 unspecified atom stereocenters. The quantitative estimate of drug-likeness (QED) is 0.166. The Labute approximate surface area is 232 Å². The van der Waals surface area contributed by atoms with E-state index in [0.717, 1.165) is 21.8 Å². The molecule has 5 rings (SSSR count). The van der Waals surface area contributed by atoms with E-state index in [1.54, 1.807) is 36.6 Å². The van der Waals surface area contributed by atoms with Crippen molar-refractivity contribution >= 4 is 51.5 Å². The van der Waals surface area contributed by atoms with Gasteiger partial charge in [0.05, 0.1) is 42.8 Å². The number of hydrogen-bond acceptors (Lipinski definition) is 10. The second-order valence-electron chi connectivity index (χ2n) is 9.12. The van der Waals surface area contributed by atoms with Gasteiger partial charge in [-0.1, -0.05) is 29.5 Å². The number of aliphatic hydroxyl groups excluding tert-OH is 1. The number of carbonyl (C=O) groups is 4. The maximum Gasteiger partial charge on any atom is 0.350 e. The number of anilines is 1. The molecule has 0 aliphatic carbocycles. The lowest BCUT2D eigenvalue weighted by molar-refractivity contribution is -0.132. The van der Waals surface area contributed by atoms with Crippen LogP contribution >= 0.6 is 11.3 Å². The van der Waals surface area contributed by atoms with Gasteiger partial charge in [-0.05, 0) is 50.1 Å². The van der Waals surface area contributed by atoms with Crippen LogP contribution in [0.5, 0.6) is 0 Å². The van der Waals surface area contributed by atoms with Crippen molar-refractivity contribution in [3.8, 4) is 0 Å². The number of ketones is 1. The molecule has 0 bridgehead atoms. The smallest absolute Gasteiger partial charge is 0.350 e. The molecule has 12 heteroatoms. The maximum atomic E-state index is 13.6. The number of imidazole rings is 1.